The molecular weight excluding hydrogens is 210 g/mol. The van der Waals surface area contributed by atoms with Crippen LogP contribution < -0.4 is 10.1 Å². The molecule has 1 saturated carbocycles. The van der Waals surface area contributed by atoms with E-state index in [1.807, 2.05) is 13.0 Å². The van der Waals surface area contributed by atoms with Crippen molar-refractivity contribution in [3.8, 4) is 5.75 Å². The third kappa shape index (κ3) is 4.39. The van der Waals surface area contributed by atoms with Crippen molar-refractivity contribution in [2.24, 2.45) is 5.92 Å². The number of benzene rings is 1. The third-order valence-corrected chi connectivity index (χ3v) is 3.25. The first-order valence-electron chi connectivity index (χ1n) is 6.73. The summed E-state index contributed by atoms with van der Waals surface area (Å²) in [7, 11) is 0. The van der Waals surface area contributed by atoms with Crippen LogP contribution in [0.5, 0.6) is 5.75 Å². The fourth-order valence-electron chi connectivity index (χ4n) is 2.14. The van der Waals surface area contributed by atoms with Crippen molar-refractivity contribution in [2.75, 3.05) is 6.61 Å². The minimum Gasteiger partial charge on any atom is -0.494 e. The molecule has 1 fully saturated rings. The van der Waals surface area contributed by atoms with Crippen LogP contribution in [0.15, 0.2) is 24.3 Å². The molecule has 1 unspecified atom stereocenters. The Morgan fingerprint density at radius 3 is 2.94 bits per heavy atom. The molecule has 17 heavy (non-hydrogen) atoms. The molecule has 0 aliphatic heterocycles. The molecule has 0 saturated heterocycles. The highest BCUT2D eigenvalue weighted by atomic mass is 16.5. The molecule has 1 atom stereocenters. The molecule has 2 nitrogen and oxygen atoms in total. The van der Waals surface area contributed by atoms with Crippen LogP contribution in [0.25, 0.3) is 0 Å². The third-order valence-electron chi connectivity index (χ3n) is 3.25. The number of ether oxygens (including phenoxy) is 1. The van der Waals surface area contributed by atoms with Crippen LogP contribution in [0.3, 0.4) is 0 Å². The molecule has 0 heterocycles. The highest BCUT2D eigenvalue weighted by molar-refractivity contribution is 5.28. The van der Waals surface area contributed by atoms with E-state index in [4.69, 9.17) is 4.74 Å². The molecular formula is C15H23NO. The standard InChI is InChI=1S/C15H23NO/c1-3-17-15-6-4-5-14(10-15)11-16-12(2)9-13-7-8-13/h4-6,10,12-13,16H,3,7-9,11H2,1-2H3. The van der Waals surface area contributed by atoms with E-state index in [-0.39, 0.29) is 0 Å². The van der Waals surface area contributed by atoms with Crippen LogP contribution in [0.2, 0.25) is 0 Å². The second-order valence-corrected chi connectivity index (χ2v) is 5.04. The number of rotatable bonds is 7. The van der Waals surface area contributed by atoms with Gasteiger partial charge in [0.1, 0.15) is 5.75 Å². The molecule has 1 aromatic carbocycles. The van der Waals surface area contributed by atoms with Gasteiger partial charge >= 0.3 is 0 Å². The molecule has 1 aliphatic rings. The van der Waals surface area contributed by atoms with Crippen molar-refractivity contribution in [1.29, 1.82) is 0 Å². The Hall–Kier alpha value is -1.02. The Bertz CT molecular complexity index is 347. The van der Waals surface area contributed by atoms with Crippen molar-refractivity contribution in [3.63, 3.8) is 0 Å². The predicted octanol–water partition coefficient (Wildman–Crippen LogP) is 3.36. The topological polar surface area (TPSA) is 21.3 Å². The first-order valence-corrected chi connectivity index (χ1v) is 6.73. The van der Waals surface area contributed by atoms with Crippen molar-refractivity contribution < 1.29 is 4.74 Å². The summed E-state index contributed by atoms with van der Waals surface area (Å²) in [6, 6.07) is 8.98. The van der Waals surface area contributed by atoms with Gasteiger partial charge in [-0.15, -0.1) is 0 Å². The van der Waals surface area contributed by atoms with Crippen molar-refractivity contribution in [2.45, 2.75) is 45.7 Å². The van der Waals surface area contributed by atoms with E-state index in [2.05, 4.69) is 30.4 Å². The molecule has 94 valence electrons. The smallest absolute Gasteiger partial charge is 0.119 e. The van der Waals surface area contributed by atoms with E-state index in [0.717, 1.165) is 24.8 Å². The summed E-state index contributed by atoms with van der Waals surface area (Å²) in [5.41, 5.74) is 1.30. The molecule has 0 bridgehead atoms. The van der Waals surface area contributed by atoms with Gasteiger partial charge < -0.3 is 10.1 Å². The highest BCUT2D eigenvalue weighted by Crippen LogP contribution is 2.33. The first kappa shape index (κ1) is 12.4. The van der Waals surface area contributed by atoms with Gasteiger partial charge in [0.2, 0.25) is 0 Å². The summed E-state index contributed by atoms with van der Waals surface area (Å²) in [6.07, 6.45) is 4.20. The summed E-state index contributed by atoms with van der Waals surface area (Å²) < 4.78 is 5.50. The van der Waals surface area contributed by atoms with Gasteiger partial charge in [0.05, 0.1) is 6.61 Å². The Morgan fingerprint density at radius 2 is 2.24 bits per heavy atom. The fourth-order valence-corrected chi connectivity index (χ4v) is 2.14. The maximum absolute atomic E-state index is 5.50. The quantitative estimate of drug-likeness (QED) is 0.779. The maximum Gasteiger partial charge on any atom is 0.119 e. The average Bonchev–Trinajstić information content (AvgIpc) is 3.11. The Balaban J connectivity index is 1.78. The minimum absolute atomic E-state index is 0.623. The fraction of sp³-hybridized carbons (Fsp3) is 0.600. The van der Waals surface area contributed by atoms with E-state index >= 15 is 0 Å². The summed E-state index contributed by atoms with van der Waals surface area (Å²) in [5, 5.41) is 3.58. The molecule has 1 N–H and O–H groups in total. The minimum atomic E-state index is 0.623. The van der Waals surface area contributed by atoms with Crippen LogP contribution in [-0.4, -0.2) is 12.6 Å². The van der Waals surface area contributed by atoms with Gasteiger partial charge in [-0.05, 0) is 43.9 Å². The Labute approximate surface area is 104 Å². The van der Waals surface area contributed by atoms with Crippen molar-refractivity contribution in [1.82, 2.24) is 5.32 Å². The second kappa shape index (κ2) is 6.06. The number of hydrogen-bond acceptors (Lipinski definition) is 2. The number of nitrogens with one attached hydrogen (secondary N) is 1. The monoisotopic (exact) mass is 233 g/mol. The van der Waals surface area contributed by atoms with E-state index in [1.165, 1.54) is 24.8 Å². The largest absolute Gasteiger partial charge is 0.494 e. The van der Waals surface area contributed by atoms with Gasteiger partial charge in [-0.3, -0.25) is 0 Å². The molecule has 0 aromatic heterocycles. The second-order valence-electron chi connectivity index (χ2n) is 5.04. The first-order chi connectivity index (χ1) is 8.28. The lowest BCUT2D eigenvalue weighted by Crippen LogP contribution is -2.25. The van der Waals surface area contributed by atoms with E-state index in [0.29, 0.717) is 6.04 Å². The Morgan fingerprint density at radius 1 is 1.41 bits per heavy atom. The van der Waals surface area contributed by atoms with Gasteiger partial charge in [0.25, 0.3) is 0 Å². The summed E-state index contributed by atoms with van der Waals surface area (Å²) in [5.74, 6) is 1.97. The summed E-state index contributed by atoms with van der Waals surface area (Å²) >= 11 is 0. The van der Waals surface area contributed by atoms with Crippen LogP contribution in [0.1, 0.15) is 38.7 Å². The molecule has 2 rings (SSSR count). The van der Waals surface area contributed by atoms with Gasteiger partial charge in [-0.1, -0.05) is 25.0 Å². The maximum atomic E-state index is 5.50. The normalized spacial score (nSPS) is 16.8. The Kier molecular flexibility index (Phi) is 4.43. The molecule has 0 spiro atoms. The zero-order chi connectivity index (χ0) is 12.1. The zero-order valence-electron chi connectivity index (χ0n) is 10.9. The lowest BCUT2D eigenvalue weighted by molar-refractivity contribution is 0.339. The van der Waals surface area contributed by atoms with Gasteiger partial charge in [-0.25, -0.2) is 0 Å². The summed E-state index contributed by atoms with van der Waals surface area (Å²) in [4.78, 5) is 0. The van der Waals surface area contributed by atoms with E-state index in [9.17, 15) is 0 Å². The molecule has 0 amide bonds. The predicted molar refractivity (Wildman–Crippen MR) is 71.3 cm³/mol. The zero-order valence-corrected chi connectivity index (χ0v) is 10.9. The summed E-state index contributed by atoms with van der Waals surface area (Å²) in [6.45, 7) is 5.97. The van der Waals surface area contributed by atoms with Crippen LogP contribution in [0.4, 0.5) is 0 Å². The molecule has 1 aliphatic carbocycles. The average molecular weight is 233 g/mol. The molecule has 0 radical (unpaired) electrons. The van der Waals surface area contributed by atoms with E-state index < -0.39 is 0 Å². The van der Waals surface area contributed by atoms with Gasteiger partial charge in [0, 0.05) is 12.6 Å². The van der Waals surface area contributed by atoms with Crippen LogP contribution in [-0.2, 0) is 6.54 Å². The molecule has 1 aromatic rings. The van der Waals surface area contributed by atoms with Gasteiger partial charge in [-0.2, -0.15) is 0 Å². The lowest BCUT2D eigenvalue weighted by atomic mass is 10.1. The number of hydrogen-bond donors (Lipinski definition) is 1. The van der Waals surface area contributed by atoms with Crippen molar-refractivity contribution >= 4 is 0 Å². The SMILES string of the molecule is CCOc1cccc(CNC(C)CC2CC2)c1. The lowest BCUT2D eigenvalue weighted by Gasteiger charge is -2.13. The molecule has 2 heteroatoms. The highest BCUT2D eigenvalue weighted by Gasteiger charge is 2.23. The van der Waals surface area contributed by atoms with E-state index in [1.54, 1.807) is 0 Å². The van der Waals surface area contributed by atoms with Gasteiger partial charge in [0.15, 0.2) is 0 Å². The van der Waals surface area contributed by atoms with Crippen LogP contribution >= 0.6 is 0 Å². The van der Waals surface area contributed by atoms with Crippen molar-refractivity contribution in [3.05, 3.63) is 29.8 Å². The van der Waals surface area contributed by atoms with Crippen LogP contribution in [0, 0.1) is 5.92 Å².